The number of esters is 1. The highest BCUT2D eigenvalue weighted by molar-refractivity contribution is 5.96. The molecule has 0 aliphatic rings. The molecule has 6 nitrogen and oxygen atoms in total. The molecule has 1 rings (SSSR count). The van der Waals surface area contributed by atoms with E-state index < -0.39 is 5.97 Å². The fourth-order valence-corrected chi connectivity index (χ4v) is 1.57. The van der Waals surface area contributed by atoms with Crippen molar-refractivity contribution in [3.8, 4) is 5.75 Å². The van der Waals surface area contributed by atoms with Gasteiger partial charge in [0.2, 0.25) is 5.91 Å². The number of halogens is 1. The number of methoxy groups -OCH3 is 1. The van der Waals surface area contributed by atoms with Gasteiger partial charge in [-0.15, -0.1) is 12.4 Å². The van der Waals surface area contributed by atoms with Gasteiger partial charge in [-0.3, -0.25) is 4.79 Å². The van der Waals surface area contributed by atoms with E-state index in [0.29, 0.717) is 17.0 Å². The van der Waals surface area contributed by atoms with Gasteiger partial charge < -0.3 is 20.5 Å². The molecule has 118 valence electrons. The molecule has 1 aromatic rings. The number of nitrogens with two attached hydrogens (primary N) is 1. The summed E-state index contributed by atoms with van der Waals surface area (Å²) in [5.41, 5.74) is 6.11. The van der Waals surface area contributed by atoms with Gasteiger partial charge in [0, 0.05) is 13.0 Å². The third-order valence-corrected chi connectivity index (χ3v) is 2.41. The minimum atomic E-state index is -0.476. The normalized spacial score (nSPS) is 9.76. The average molecular weight is 317 g/mol. The lowest BCUT2D eigenvalue weighted by Gasteiger charge is -2.15. The van der Waals surface area contributed by atoms with Crippen LogP contribution in [0.1, 0.15) is 30.6 Å². The van der Waals surface area contributed by atoms with Crippen LogP contribution in [-0.4, -0.2) is 31.6 Å². The number of carbonyl (C=O) groups is 2. The van der Waals surface area contributed by atoms with Crippen molar-refractivity contribution in [2.45, 2.75) is 26.4 Å². The Balaban J connectivity index is 0.00000400. The number of hydrogen-bond donors (Lipinski definition) is 2. The molecule has 0 saturated heterocycles. The molecule has 0 fully saturated rings. The zero-order chi connectivity index (χ0) is 15.1. The number of carbonyl (C=O) groups excluding carboxylic acids is 2. The lowest BCUT2D eigenvalue weighted by Crippen LogP contribution is -2.18. The Morgan fingerprint density at radius 2 is 2.00 bits per heavy atom. The topological polar surface area (TPSA) is 90.6 Å². The second-order valence-electron chi connectivity index (χ2n) is 4.46. The zero-order valence-electron chi connectivity index (χ0n) is 12.3. The smallest absolute Gasteiger partial charge is 0.337 e. The second-order valence-corrected chi connectivity index (χ2v) is 4.46. The van der Waals surface area contributed by atoms with Crippen molar-refractivity contribution in [1.82, 2.24) is 0 Å². The number of rotatable bonds is 6. The Labute approximate surface area is 130 Å². The molecule has 0 radical (unpaired) electrons. The average Bonchev–Trinajstić information content (AvgIpc) is 2.39. The first-order valence-corrected chi connectivity index (χ1v) is 6.36. The van der Waals surface area contributed by atoms with E-state index in [0.717, 1.165) is 0 Å². The van der Waals surface area contributed by atoms with Crippen LogP contribution in [0.4, 0.5) is 5.69 Å². The summed E-state index contributed by atoms with van der Waals surface area (Å²) in [5, 5.41) is 2.68. The van der Waals surface area contributed by atoms with Gasteiger partial charge in [0.15, 0.2) is 0 Å². The van der Waals surface area contributed by atoms with Crippen LogP contribution in [0.3, 0.4) is 0 Å². The summed E-state index contributed by atoms with van der Waals surface area (Å²) < 4.78 is 10.2. The largest absolute Gasteiger partial charge is 0.489 e. The maximum Gasteiger partial charge on any atom is 0.337 e. The highest BCUT2D eigenvalue weighted by Gasteiger charge is 2.13. The quantitative estimate of drug-likeness (QED) is 0.783. The summed E-state index contributed by atoms with van der Waals surface area (Å²) in [5.74, 6) is -0.212. The molecule has 0 saturated carbocycles. The van der Waals surface area contributed by atoms with E-state index in [1.807, 2.05) is 13.8 Å². The van der Waals surface area contributed by atoms with Crippen molar-refractivity contribution in [3.63, 3.8) is 0 Å². The Kier molecular flexibility index (Phi) is 8.42. The molecular weight excluding hydrogens is 296 g/mol. The summed E-state index contributed by atoms with van der Waals surface area (Å²) >= 11 is 0. The molecule has 21 heavy (non-hydrogen) atoms. The molecule has 0 aliphatic carbocycles. The molecule has 0 aromatic heterocycles. The van der Waals surface area contributed by atoms with E-state index in [1.165, 1.54) is 13.2 Å². The lowest BCUT2D eigenvalue weighted by atomic mass is 10.1. The van der Waals surface area contributed by atoms with Crippen LogP contribution in [-0.2, 0) is 9.53 Å². The van der Waals surface area contributed by atoms with Crippen molar-refractivity contribution in [3.05, 3.63) is 23.8 Å². The van der Waals surface area contributed by atoms with Crippen LogP contribution in [0.5, 0.6) is 5.75 Å². The molecule has 0 aliphatic heterocycles. The van der Waals surface area contributed by atoms with Crippen molar-refractivity contribution < 1.29 is 19.1 Å². The fraction of sp³-hybridized carbons (Fsp3) is 0.429. The van der Waals surface area contributed by atoms with E-state index in [-0.39, 0.29) is 37.4 Å². The van der Waals surface area contributed by atoms with Gasteiger partial charge in [0.25, 0.3) is 0 Å². The number of amides is 1. The van der Waals surface area contributed by atoms with E-state index >= 15 is 0 Å². The SMILES string of the molecule is COC(=O)c1ccc(OC(C)C)c(NC(=O)CCN)c1.Cl. The number of ether oxygens (including phenoxy) is 2. The zero-order valence-corrected chi connectivity index (χ0v) is 13.2. The molecule has 0 unspecified atom stereocenters. The third kappa shape index (κ3) is 6.01. The summed E-state index contributed by atoms with van der Waals surface area (Å²) in [4.78, 5) is 23.2. The molecular formula is C14H21ClN2O4. The van der Waals surface area contributed by atoms with Crippen LogP contribution < -0.4 is 15.8 Å². The van der Waals surface area contributed by atoms with Crippen LogP contribution >= 0.6 is 12.4 Å². The number of hydrogen-bond acceptors (Lipinski definition) is 5. The first-order chi connectivity index (χ1) is 9.47. The van der Waals surface area contributed by atoms with Crippen LogP contribution in [0.15, 0.2) is 18.2 Å². The summed E-state index contributed by atoms with van der Waals surface area (Å²) in [6.45, 7) is 4.00. The van der Waals surface area contributed by atoms with Crippen molar-refractivity contribution >= 4 is 30.0 Å². The predicted octanol–water partition coefficient (Wildman–Crippen LogP) is 1.97. The maximum absolute atomic E-state index is 11.6. The predicted molar refractivity (Wildman–Crippen MR) is 83.1 cm³/mol. The summed E-state index contributed by atoms with van der Waals surface area (Å²) in [6.07, 6.45) is 0.146. The minimum absolute atomic E-state index is 0. The molecule has 7 heteroatoms. The highest BCUT2D eigenvalue weighted by atomic mass is 35.5. The lowest BCUT2D eigenvalue weighted by molar-refractivity contribution is -0.116. The van der Waals surface area contributed by atoms with E-state index in [2.05, 4.69) is 10.1 Å². The fourth-order valence-electron chi connectivity index (χ4n) is 1.57. The van der Waals surface area contributed by atoms with Gasteiger partial charge in [0.05, 0.1) is 24.5 Å². The van der Waals surface area contributed by atoms with Gasteiger partial charge in [-0.05, 0) is 32.0 Å². The van der Waals surface area contributed by atoms with Gasteiger partial charge >= 0.3 is 5.97 Å². The Morgan fingerprint density at radius 3 is 2.52 bits per heavy atom. The summed E-state index contributed by atoms with van der Waals surface area (Å²) in [7, 11) is 1.30. The molecule has 1 aromatic carbocycles. The monoisotopic (exact) mass is 316 g/mol. The highest BCUT2D eigenvalue weighted by Crippen LogP contribution is 2.27. The second kappa shape index (κ2) is 9.20. The van der Waals surface area contributed by atoms with Crippen molar-refractivity contribution in [1.29, 1.82) is 0 Å². The first kappa shape index (κ1) is 19.2. The first-order valence-electron chi connectivity index (χ1n) is 6.36. The molecule has 0 heterocycles. The van der Waals surface area contributed by atoms with Gasteiger partial charge in [-0.2, -0.15) is 0 Å². The van der Waals surface area contributed by atoms with Crippen molar-refractivity contribution in [2.24, 2.45) is 5.73 Å². The Morgan fingerprint density at radius 1 is 1.33 bits per heavy atom. The van der Waals surface area contributed by atoms with E-state index in [1.54, 1.807) is 12.1 Å². The number of benzene rings is 1. The van der Waals surface area contributed by atoms with Gasteiger partial charge in [-0.25, -0.2) is 4.79 Å². The molecule has 3 N–H and O–H groups in total. The Bertz CT molecular complexity index is 492. The minimum Gasteiger partial charge on any atom is -0.489 e. The van der Waals surface area contributed by atoms with Crippen molar-refractivity contribution in [2.75, 3.05) is 19.0 Å². The molecule has 0 atom stereocenters. The Hall–Kier alpha value is -1.79. The van der Waals surface area contributed by atoms with E-state index in [4.69, 9.17) is 10.5 Å². The molecule has 0 bridgehead atoms. The van der Waals surface area contributed by atoms with Crippen LogP contribution in [0.2, 0.25) is 0 Å². The summed E-state index contributed by atoms with van der Waals surface area (Å²) in [6, 6.07) is 4.74. The molecule has 1 amide bonds. The van der Waals surface area contributed by atoms with E-state index in [9.17, 15) is 9.59 Å². The number of anilines is 1. The van der Waals surface area contributed by atoms with Gasteiger partial charge in [-0.1, -0.05) is 0 Å². The maximum atomic E-state index is 11.6. The number of nitrogens with one attached hydrogen (secondary N) is 1. The standard InChI is InChI=1S/C14H20N2O4.ClH/c1-9(2)20-12-5-4-10(14(18)19-3)8-11(12)16-13(17)6-7-15;/h4-5,8-9H,6-7,15H2,1-3H3,(H,16,17);1H. The third-order valence-electron chi connectivity index (χ3n) is 2.41. The molecule has 0 spiro atoms. The van der Waals surface area contributed by atoms with Crippen LogP contribution in [0.25, 0.3) is 0 Å². The van der Waals surface area contributed by atoms with Gasteiger partial charge in [0.1, 0.15) is 5.75 Å². The van der Waals surface area contributed by atoms with Crippen LogP contribution in [0, 0.1) is 0 Å².